The number of sulfone groups is 2. The molecule has 4 aromatic carbocycles. The third-order valence-corrected chi connectivity index (χ3v) is 17.5. The van der Waals surface area contributed by atoms with Crippen molar-refractivity contribution in [3.05, 3.63) is 116 Å². The molecule has 0 atom stereocenters. The second-order valence-electron chi connectivity index (χ2n) is 17.6. The number of hydrogen-bond donors (Lipinski definition) is 3. The first kappa shape index (κ1) is 65.0. The van der Waals surface area contributed by atoms with Gasteiger partial charge in [0.2, 0.25) is 20.0 Å². The number of ketones is 2. The molecule has 0 unspecified atom stereocenters. The van der Waals surface area contributed by atoms with Crippen LogP contribution in [0.4, 0.5) is 0 Å². The molecular formula is C49H61BLiN4O13S4. The average Bonchev–Trinajstić information content (AvgIpc) is 3.30. The standard InChI is InChI=1S/C25H30N2O7S2.C24H30N2O6S2.B.Li.H/c1-15(2)20-9-17(13-26)10-21(16(3)4)22(20)11-18(28)14-35(30,31)24-8-7-19(36(32,33)27-5)12-23(24)25(29)34-6;1-15(2)21-8-17(12-25)9-22(16(3)4)23(21)11-19(28)14-33(29,30)24-7-6-20(10-18(24)13-27)34(31,32)26-5;;;/h7-10,12,15-16,27H,11,14H2,1-6H3;6-10,15-16,26-27H,11,13-14H2,1-5H3;;;/q;;;+1;-1. The molecule has 0 heterocycles. The fraction of sp³-hybridized carbons (Fsp3) is 0.408. The Hall–Kier alpha value is -4.99. The number of aliphatic hydroxyl groups excluding tert-OH is 1. The van der Waals surface area contributed by atoms with Gasteiger partial charge in [-0.05, 0) is 137 Å². The average molecular weight is 1060 g/mol. The molecular weight excluding hydrogens is 999 g/mol. The predicted octanol–water partition coefficient (Wildman–Crippen LogP) is 2.61. The molecule has 0 saturated carbocycles. The fourth-order valence-corrected chi connectivity index (χ4v) is 12.2. The summed E-state index contributed by atoms with van der Waals surface area (Å²) in [7, 11) is -12.8. The van der Waals surface area contributed by atoms with Gasteiger partial charge in [-0.25, -0.2) is 47.9 Å². The van der Waals surface area contributed by atoms with Gasteiger partial charge in [-0.3, -0.25) is 9.59 Å². The van der Waals surface area contributed by atoms with Crippen molar-refractivity contribution in [3.8, 4) is 12.1 Å². The molecule has 4 rings (SSSR count). The van der Waals surface area contributed by atoms with E-state index in [2.05, 4.69) is 26.3 Å². The van der Waals surface area contributed by atoms with Crippen LogP contribution in [0.1, 0.15) is 141 Å². The molecule has 4 aromatic rings. The smallest absolute Gasteiger partial charge is 1.00 e. The van der Waals surface area contributed by atoms with Crippen LogP contribution in [0.3, 0.4) is 0 Å². The van der Waals surface area contributed by atoms with Gasteiger partial charge in [-0.15, -0.1) is 0 Å². The second kappa shape index (κ2) is 26.8. The van der Waals surface area contributed by atoms with E-state index >= 15 is 0 Å². The summed E-state index contributed by atoms with van der Waals surface area (Å²) in [5, 5.41) is 28.4. The van der Waals surface area contributed by atoms with E-state index in [1.807, 2.05) is 55.4 Å². The molecule has 0 amide bonds. The van der Waals surface area contributed by atoms with E-state index in [4.69, 9.17) is 0 Å². The SMILES string of the molecule is CNS(=O)(=O)c1ccc(S(=O)(=O)CC(=O)Cc2c(C(C)C)cc(C#N)cc2C(C)C)c(C(=O)OC)c1.CNS(=O)(=O)c1ccc(S(=O)(=O)CC(=O)Cc2c(C(C)C)cc(C#N)cc2C(C)C)c(CO)c1.[B].[H-].[Li+]. The number of esters is 1. The van der Waals surface area contributed by atoms with E-state index < -0.39 is 85.8 Å². The molecule has 0 aliphatic rings. The number of nitriles is 2. The molecule has 383 valence electrons. The number of carbonyl (C=O) groups is 3. The molecule has 0 bridgehead atoms. The van der Waals surface area contributed by atoms with Crippen molar-refractivity contribution < 1.29 is 78.2 Å². The van der Waals surface area contributed by atoms with Crippen LogP contribution in [0, 0.1) is 22.7 Å². The number of methoxy groups -OCH3 is 1. The van der Waals surface area contributed by atoms with Crippen LogP contribution in [-0.2, 0) is 73.5 Å². The summed E-state index contributed by atoms with van der Waals surface area (Å²) in [6.45, 7) is 14.8. The summed E-state index contributed by atoms with van der Waals surface area (Å²) < 4.78 is 110. The maximum Gasteiger partial charge on any atom is 1.00 e. The fourth-order valence-electron chi connectivity index (χ4n) is 7.71. The minimum atomic E-state index is -4.33. The quantitative estimate of drug-likeness (QED) is 0.0847. The van der Waals surface area contributed by atoms with Gasteiger partial charge in [-0.1, -0.05) is 55.4 Å². The topological polar surface area (TPSA) is 289 Å². The van der Waals surface area contributed by atoms with Gasteiger partial charge in [0.15, 0.2) is 31.2 Å². The first-order valence-electron chi connectivity index (χ1n) is 21.9. The van der Waals surface area contributed by atoms with Crippen LogP contribution in [0.25, 0.3) is 0 Å². The molecule has 72 heavy (non-hydrogen) atoms. The molecule has 0 fully saturated rings. The number of sulfonamides is 2. The van der Waals surface area contributed by atoms with Crippen LogP contribution >= 0.6 is 0 Å². The van der Waals surface area contributed by atoms with Crippen molar-refractivity contribution in [1.82, 2.24) is 9.44 Å². The van der Waals surface area contributed by atoms with Crippen LogP contribution < -0.4 is 28.3 Å². The van der Waals surface area contributed by atoms with E-state index in [0.717, 1.165) is 71.3 Å². The van der Waals surface area contributed by atoms with Crippen molar-refractivity contribution in [3.63, 3.8) is 0 Å². The molecule has 0 saturated heterocycles. The van der Waals surface area contributed by atoms with E-state index in [0.29, 0.717) is 16.7 Å². The monoisotopic (exact) mass is 1060 g/mol. The van der Waals surface area contributed by atoms with Crippen LogP contribution in [0.2, 0.25) is 0 Å². The summed E-state index contributed by atoms with van der Waals surface area (Å²) in [6, 6.07) is 17.4. The molecule has 3 radical (unpaired) electrons. The Morgan fingerprint density at radius 1 is 0.597 bits per heavy atom. The third-order valence-electron chi connectivity index (χ3n) is 11.2. The van der Waals surface area contributed by atoms with Crippen molar-refractivity contribution in [2.75, 3.05) is 32.7 Å². The molecule has 3 N–H and O–H groups in total. The van der Waals surface area contributed by atoms with Crippen LogP contribution in [0.15, 0.2) is 80.2 Å². The van der Waals surface area contributed by atoms with Crippen molar-refractivity contribution >= 4 is 65.7 Å². The Bertz CT molecular complexity index is 3170. The zero-order valence-electron chi connectivity index (χ0n) is 43.6. The second-order valence-corrected chi connectivity index (χ2v) is 25.2. The summed E-state index contributed by atoms with van der Waals surface area (Å²) in [5.74, 6) is -3.87. The number of nitrogens with zero attached hydrogens (tertiary/aromatic N) is 2. The third kappa shape index (κ3) is 16.0. The number of Topliss-reactive ketones (excluding diaryl/α,β-unsaturated/α-hetero) is 2. The molecule has 23 heteroatoms. The number of carbonyl (C=O) groups excluding carboxylic acids is 3. The van der Waals surface area contributed by atoms with E-state index in [-0.39, 0.29) is 85.5 Å². The van der Waals surface area contributed by atoms with Gasteiger partial charge < -0.3 is 11.3 Å². The number of aliphatic hydroxyl groups is 1. The maximum absolute atomic E-state index is 13.2. The largest absolute Gasteiger partial charge is 1.00 e. The normalized spacial score (nSPS) is 11.8. The Labute approximate surface area is 440 Å². The predicted molar refractivity (Wildman–Crippen MR) is 270 cm³/mol. The summed E-state index contributed by atoms with van der Waals surface area (Å²) >= 11 is 0. The van der Waals surface area contributed by atoms with Gasteiger partial charge in [-0.2, -0.15) is 10.5 Å². The first-order chi connectivity index (χ1) is 32.4. The summed E-state index contributed by atoms with van der Waals surface area (Å²) in [6.07, 6.45) is -0.293. The number of ether oxygens (including phenoxy) is 1. The Kier molecular flexibility index (Phi) is 24.2. The van der Waals surface area contributed by atoms with E-state index in [1.54, 1.807) is 24.3 Å². The van der Waals surface area contributed by atoms with Crippen LogP contribution in [-0.4, -0.2) is 97.4 Å². The van der Waals surface area contributed by atoms with Crippen molar-refractivity contribution in [2.45, 2.75) is 118 Å². The van der Waals surface area contributed by atoms with Gasteiger partial charge in [0.25, 0.3) is 0 Å². The van der Waals surface area contributed by atoms with Gasteiger partial charge in [0.05, 0.1) is 62.1 Å². The molecule has 0 spiro atoms. The minimum Gasteiger partial charge on any atom is -1.00 e. The van der Waals surface area contributed by atoms with Crippen molar-refractivity contribution in [2.24, 2.45) is 0 Å². The maximum atomic E-state index is 13.2. The van der Waals surface area contributed by atoms with Crippen LogP contribution in [0.5, 0.6) is 0 Å². The van der Waals surface area contributed by atoms with Gasteiger partial charge in [0.1, 0.15) is 11.5 Å². The van der Waals surface area contributed by atoms with E-state index in [1.165, 1.54) is 14.1 Å². The zero-order chi connectivity index (χ0) is 53.3. The Morgan fingerprint density at radius 3 is 1.24 bits per heavy atom. The van der Waals surface area contributed by atoms with E-state index in [9.17, 15) is 63.7 Å². The first-order valence-corrected chi connectivity index (χ1v) is 28.2. The molecule has 0 aliphatic carbocycles. The molecule has 0 aliphatic heterocycles. The Morgan fingerprint density at radius 2 is 0.931 bits per heavy atom. The minimum absolute atomic E-state index is 0. The zero-order valence-corrected chi connectivity index (χ0v) is 45.8. The number of benzene rings is 4. The number of nitrogens with one attached hydrogen (secondary N) is 2. The van der Waals surface area contributed by atoms with Gasteiger partial charge in [0, 0.05) is 21.3 Å². The summed E-state index contributed by atoms with van der Waals surface area (Å²) in [4.78, 5) is 37.0. The molecule has 0 aromatic heterocycles. The Balaban J connectivity index is 0.00000137. The molecule has 17 nitrogen and oxygen atoms in total. The number of rotatable bonds is 20. The summed E-state index contributed by atoms with van der Waals surface area (Å²) in [5.41, 5.74) is 5.01. The van der Waals surface area contributed by atoms with Crippen molar-refractivity contribution in [1.29, 1.82) is 10.5 Å². The number of hydrogen-bond acceptors (Lipinski definition) is 15. The van der Waals surface area contributed by atoms with Gasteiger partial charge >= 0.3 is 24.8 Å².